The molecule has 0 saturated carbocycles. The summed E-state index contributed by atoms with van der Waals surface area (Å²) < 4.78 is 31.0. The van der Waals surface area contributed by atoms with Gasteiger partial charge in [0.1, 0.15) is 0 Å². The predicted octanol–water partition coefficient (Wildman–Crippen LogP) is 0.988. The Kier molecular flexibility index (Phi) is 3.73. The molecule has 1 aliphatic rings. The molecule has 7 nitrogen and oxygen atoms in total. The van der Waals surface area contributed by atoms with Crippen LogP contribution in [0.15, 0.2) is 22.9 Å². The van der Waals surface area contributed by atoms with Gasteiger partial charge in [0.15, 0.2) is 5.82 Å². The Hall–Kier alpha value is -1.80. The summed E-state index contributed by atoms with van der Waals surface area (Å²) in [5, 5.41) is 3.97. The van der Waals surface area contributed by atoms with Crippen LogP contribution in [0.2, 0.25) is 0 Å². The highest BCUT2D eigenvalue weighted by atomic mass is 32.2. The molecule has 0 bridgehead atoms. The molecule has 118 valence electrons. The van der Waals surface area contributed by atoms with E-state index < -0.39 is 15.6 Å². The van der Waals surface area contributed by atoms with Crippen LogP contribution in [-0.4, -0.2) is 34.8 Å². The number of hydrogen-bond donors (Lipinski definition) is 1. The van der Waals surface area contributed by atoms with E-state index in [1.807, 2.05) is 26.0 Å². The van der Waals surface area contributed by atoms with Crippen molar-refractivity contribution in [1.82, 2.24) is 19.8 Å². The van der Waals surface area contributed by atoms with E-state index in [0.717, 1.165) is 11.3 Å². The number of nitrogens with one attached hydrogen (secondary N) is 1. The predicted molar refractivity (Wildman–Crippen MR) is 79.7 cm³/mol. The minimum atomic E-state index is -3.17. The second kappa shape index (κ2) is 5.44. The number of rotatable bonds is 4. The van der Waals surface area contributed by atoms with E-state index >= 15 is 0 Å². The molecule has 0 radical (unpaired) electrons. The summed E-state index contributed by atoms with van der Waals surface area (Å²) in [4.78, 5) is 8.59. The third-order valence-electron chi connectivity index (χ3n) is 3.84. The lowest BCUT2D eigenvalue weighted by Gasteiger charge is -2.19. The first-order valence-corrected chi connectivity index (χ1v) is 8.74. The first kappa shape index (κ1) is 15.1. The third kappa shape index (κ3) is 3.33. The smallest absolute Gasteiger partial charge is 0.228 e. The summed E-state index contributed by atoms with van der Waals surface area (Å²) in [5.41, 5.74) is 1.43. The largest absolute Gasteiger partial charge is 0.339 e. The minimum absolute atomic E-state index is 0.138. The quantitative estimate of drug-likeness (QED) is 0.901. The fraction of sp³-hybridized carbons (Fsp3) is 0.500. The molecule has 3 rings (SSSR count). The highest BCUT2D eigenvalue weighted by Gasteiger charge is 2.38. The summed E-state index contributed by atoms with van der Waals surface area (Å²) in [6.45, 7) is 3.79. The van der Waals surface area contributed by atoms with Crippen LogP contribution in [0.1, 0.15) is 36.3 Å². The van der Waals surface area contributed by atoms with Crippen molar-refractivity contribution in [3.05, 3.63) is 41.3 Å². The maximum atomic E-state index is 11.5. The van der Waals surface area contributed by atoms with E-state index in [0.29, 0.717) is 31.0 Å². The van der Waals surface area contributed by atoms with Crippen molar-refractivity contribution in [2.24, 2.45) is 0 Å². The number of hydrogen-bond acceptors (Lipinski definition) is 6. The number of aromatic nitrogens is 3. The standard InChI is InChI=1S/C14H18N4O3S/c1-10-11(4-3-6-15-10)8-12-16-13(21-17-12)9-14(2)5-7-22(19,20)18-14/h3-4,6,18H,5,7-9H2,1-2H3. The van der Waals surface area contributed by atoms with Crippen LogP contribution in [0.3, 0.4) is 0 Å². The lowest BCUT2D eigenvalue weighted by Crippen LogP contribution is -2.40. The molecule has 1 saturated heterocycles. The normalized spacial score (nSPS) is 23.7. The molecule has 8 heteroatoms. The monoisotopic (exact) mass is 322 g/mol. The fourth-order valence-corrected chi connectivity index (χ4v) is 4.35. The van der Waals surface area contributed by atoms with Crippen molar-refractivity contribution in [2.75, 3.05) is 5.75 Å². The lowest BCUT2D eigenvalue weighted by molar-refractivity contribution is 0.327. The zero-order valence-corrected chi connectivity index (χ0v) is 13.4. The van der Waals surface area contributed by atoms with E-state index in [2.05, 4.69) is 19.8 Å². The average Bonchev–Trinajstić information content (AvgIpc) is 2.97. The van der Waals surface area contributed by atoms with Crippen LogP contribution in [0.4, 0.5) is 0 Å². The van der Waals surface area contributed by atoms with Crippen molar-refractivity contribution in [3.63, 3.8) is 0 Å². The number of nitrogens with zero attached hydrogens (tertiary/aromatic N) is 3. The van der Waals surface area contributed by atoms with Crippen molar-refractivity contribution in [3.8, 4) is 0 Å². The molecule has 0 aromatic carbocycles. The average molecular weight is 322 g/mol. The van der Waals surface area contributed by atoms with Crippen molar-refractivity contribution in [1.29, 1.82) is 0 Å². The van der Waals surface area contributed by atoms with Gasteiger partial charge in [0.25, 0.3) is 0 Å². The minimum Gasteiger partial charge on any atom is -0.339 e. The molecule has 1 atom stereocenters. The SMILES string of the molecule is Cc1ncccc1Cc1noc(CC2(C)CCS(=O)(=O)N2)n1. The molecule has 0 amide bonds. The molecular weight excluding hydrogens is 304 g/mol. The first-order valence-electron chi connectivity index (χ1n) is 7.09. The maximum Gasteiger partial charge on any atom is 0.228 e. The van der Waals surface area contributed by atoms with Gasteiger partial charge in [0, 0.05) is 30.3 Å². The van der Waals surface area contributed by atoms with Gasteiger partial charge in [-0.25, -0.2) is 13.1 Å². The molecule has 1 fully saturated rings. The molecule has 1 N–H and O–H groups in total. The van der Waals surface area contributed by atoms with Crippen LogP contribution in [0.25, 0.3) is 0 Å². The van der Waals surface area contributed by atoms with E-state index in [1.54, 1.807) is 6.20 Å². The molecule has 22 heavy (non-hydrogen) atoms. The molecule has 1 aliphatic heterocycles. The maximum absolute atomic E-state index is 11.5. The van der Waals surface area contributed by atoms with Gasteiger partial charge < -0.3 is 4.52 Å². The molecule has 1 unspecified atom stereocenters. The Morgan fingerprint density at radius 1 is 1.45 bits per heavy atom. The van der Waals surface area contributed by atoms with Gasteiger partial charge >= 0.3 is 0 Å². The Labute approximate surface area is 129 Å². The number of pyridine rings is 1. The molecule has 0 aliphatic carbocycles. The van der Waals surface area contributed by atoms with E-state index in [1.165, 1.54) is 0 Å². The zero-order chi connectivity index (χ0) is 15.8. The number of sulfonamides is 1. The molecule has 2 aromatic heterocycles. The summed E-state index contributed by atoms with van der Waals surface area (Å²) >= 11 is 0. The Bertz CT molecular complexity index is 787. The lowest BCUT2D eigenvalue weighted by atomic mass is 9.96. The zero-order valence-electron chi connectivity index (χ0n) is 12.5. The Morgan fingerprint density at radius 2 is 2.27 bits per heavy atom. The second-order valence-electron chi connectivity index (χ2n) is 5.94. The van der Waals surface area contributed by atoms with Gasteiger partial charge in [-0.1, -0.05) is 11.2 Å². The van der Waals surface area contributed by atoms with Gasteiger partial charge in [-0.15, -0.1) is 0 Å². The van der Waals surface area contributed by atoms with Gasteiger partial charge in [-0.3, -0.25) is 4.98 Å². The highest BCUT2D eigenvalue weighted by molar-refractivity contribution is 7.89. The first-order chi connectivity index (χ1) is 10.4. The topological polar surface area (TPSA) is 98.0 Å². The van der Waals surface area contributed by atoms with Gasteiger partial charge in [0.2, 0.25) is 15.9 Å². The Balaban J connectivity index is 1.71. The highest BCUT2D eigenvalue weighted by Crippen LogP contribution is 2.24. The van der Waals surface area contributed by atoms with Gasteiger partial charge in [0.05, 0.1) is 5.75 Å². The van der Waals surface area contributed by atoms with Crippen molar-refractivity contribution >= 4 is 10.0 Å². The van der Waals surface area contributed by atoms with Crippen molar-refractivity contribution < 1.29 is 12.9 Å². The third-order valence-corrected chi connectivity index (χ3v) is 5.39. The summed E-state index contributed by atoms with van der Waals surface area (Å²) in [5.74, 6) is 1.17. The molecule has 2 aromatic rings. The molecule has 0 spiro atoms. The van der Waals surface area contributed by atoms with Crippen LogP contribution in [0, 0.1) is 6.92 Å². The van der Waals surface area contributed by atoms with E-state index in [9.17, 15) is 8.42 Å². The van der Waals surface area contributed by atoms with Gasteiger partial charge in [-0.05, 0) is 31.9 Å². The van der Waals surface area contributed by atoms with Crippen LogP contribution >= 0.6 is 0 Å². The summed E-state index contributed by atoms with van der Waals surface area (Å²) in [7, 11) is -3.17. The Morgan fingerprint density at radius 3 is 2.95 bits per heavy atom. The van der Waals surface area contributed by atoms with Crippen LogP contribution in [0.5, 0.6) is 0 Å². The number of aryl methyl sites for hydroxylation is 1. The van der Waals surface area contributed by atoms with E-state index in [4.69, 9.17) is 4.52 Å². The summed E-state index contributed by atoms with van der Waals surface area (Å²) in [6.07, 6.45) is 3.22. The van der Waals surface area contributed by atoms with Crippen molar-refractivity contribution in [2.45, 2.75) is 38.6 Å². The van der Waals surface area contributed by atoms with Crippen LogP contribution in [-0.2, 0) is 22.9 Å². The molecule has 3 heterocycles. The molecular formula is C14H18N4O3S. The fourth-order valence-electron chi connectivity index (χ4n) is 2.60. The van der Waals surface area contributed by atoms with Gasteiger partial charge in [-0.2, -0.15) is 4.98 Å². The summed E-state index contributed by atoms with van der Waals surface area (Å²) in [6, 6.07) is 3.85. The second-order valence-corrected chi connectivity index (χ2v) is 7.78. The van der Waals surface area contributed by atoms with Crippen LogP contribution < -0.4 is 4.72 Å². The van der Waals surface area contributed by atoms with E-state index in [-0.39, 0.29) is 5.75 Å².